The number of methoxy groups -OCH3 is 1. The first-order valence-electron chi connectivity index (χ1n) is 11.1. The Bertz CT molecular complexity index is 625. The van der Waals surface area contributed by atoms with E-state index in [4.69, 9.17) is 18.9 Å². The number of hydrogen-bond donors (Lipinski definition) is 1. The Balaban J connectivity index is 1.70. The van der Waals surface area contributed by atoms with Crippen molar-refractivity contribution in [2.45, 2.75) is 103 Å². The lowest BCUT2D eigenvalue weighted by Gasteiger charge is -2.42. The lowest BCUT2D eigenvalue weighted by atomic mass is 9.68. The maximum Gasteiger partial charge on any atom is 0.407 e. The van der Waals surface area contributed by atoms with Crippen molar-refractivity contribution in [3.63, 3.8) is 0 Å². The van der Waals surface area contributed by atoms with Gasteiger partial charge < -0.3 is 24.3 Å². The van der Waals surface area contributed by atoms with Crippen LogP contribution in [0.2, 0.25) is 0 Å². The van der Waals surface area contributed by atoms with Crippen molar-refractivity contribution in [2.75, 3.05) is 13.7 Å². The number of carbonyl (C=O) groups excluding carboxylic acids is 1. The predicted molar refractivity (Wildman–Crippen MR) is 112 cm³/mol. The normalized spacial score (nSPS) is 39.2. The van der Waals surface area contributed by atoms with E-state index in [1.807, 2.05) is 0 Å². The molecule has 2 heterocycles. The number of epoxide rings is 2. The minimum Gasteiger partial charge on any atom is -0.443 e. The van der Waals surface area contributed by atoms with Gasteiger partial charge in [0.05, 0.1) is 18.6 Å². The van der Waals surface area contributed by atoms with Crippen LogP contribution in [0.25, 0.3) is 0 Å². The van der Waals surface area contributed by atoms with Crippen molar-refractivity contribution in [1.29, 1.82) is 0 Å². The monoisotopic (exact) mass is 409 g/mol. The van der Waals surface area contributed by atoms with E-state index in [0.717, 1.165) is 32.3 Å². The minimum atomic E-state index is -0.355. The van der Waals surface area contributed by atoms with Crippen molar-refractivity contribution < 1.29 is 23.7 Å². The topological polar surface area (TPSA) is 72.6 Å². The smallest absolute Gasteiger partial charge is 0.407 e. The van der Waals surface area contributed by atoms with Crippen LogP contribution in [0, 0.1) is 11.8 Å². The number of carbonyl (C=O) groups is 1. The predicted octanol–water partition coefficient (Wildman–Crippen LogP) is 4.22. The van der Waals surface area contributed by atoms with Crippen LogP contribution in [-0.2, 0) is 18.9 Å². The van der Waals surface area contributed by atoms with Gasteiger partial charge in [-0.1, -0.05) is 32.4 Å². The summed E-state index contributed by atoms with van der Waals surface area (Å²) in [7, 11) is 1.70. The first-order valence-corrected chi connectivity index (χ1v) is 11.1. The van der Waals surface area contributed by atoms with Crippen molar-refractivity contribution in [3.05, 3.63) is 11.6 Å². The van der Waals surface area contributed by atoms with E-state index in [1.54, 1.807) is 7.11 Å². The van der Waals surface area contributed by atoms with Crippen LogP contribution in [-0.4, -0.2) is 55.4 Å². The largest absolute Gasteiger partial charge is 0.443 e. The third-order valence-corrected chi connectivity index (χ3v) is 7.04. The molecule has 1 saturated carbocycles. The molecule has 0 bridgehead atoms. The lowest BCUT2D eigenvalue weighted by molar-refractivity contribution is -0.118. The molecule has 29 heavy (non-hydrogen) atoms. The van der Waals surface area contributed by atoms with Crippen LogP contribution < -0.4 is 5.32 Å². The number of rotatable bonds is 8. The Hall–Kier alpha value is -1.11. The summed E-state index contributed by atoms with van der Waals surface area (Å²) in [5.41, 5.74) is 0.779. The number of allylic oxidation sites excluding steroid dienone is 1. The second kappa shape index (κ2) is 8.56. The average Bonchev–Trinajstić information content (AvgIpc) is 3.57. The van der Waals surface area contributed by atoms with Crippen LogP contribution in [0.4, 0.5) is 4.79 Å². The summed E-state index contributed by atoms with van der Waals surface area (Å²) in [4.78, 5) is 12.6. The van der Waals surface area contributed by atoms with Gasteiger partial charge >= 0.3 is 6.09 Å². The third kappa shape index (κ3) is 4.64. The van der Waals surface area contributed by atoms with Crippen LogP contribution in [0.5, 0.6) is 0 Å². The summed E-state index contributed by atoms with van der Waals surface area (Å²) in [5.74, 6) is 0.414. The standard InChI is InChI=1S/C23H39NO5/c1-8-16(15(4)5)24-21(25)28-17-11-12-23(13-27-23)20(19(17)26-7)22(6)18(29-22)10-9-14(2)3/h9,15-20H,8,10-13H2,1-7H3,(H,24,25)/t16-,17?,18+,19?,20?,22-,23-/m0/s1. The molecule has 0 aromatic heterocycles. The van der Waals surface area contributed by atoms with Gasteiger partial charge in [0.25, 0.3) is 0 Å². The van der Waals surface area contributed by atoms with E-state index in [2.05, 4.69) is 52.9 Å². The van der Waals surface area contributed by atoms with Crippen molar-refractivity contribution in [3.8, 4) is 0 Å². The fourth-order valence-electron chi connectivity index (χ4n) is 5.13. The number of amides is 1. The van der Waals surface area contributed by atoms with E-state index in [0.29, 0.717) is 5.92 Å². The van der Waals surface area contributed by atoms with Gasteiger partial charge in [0.1, 0.15) is 23.4 Å². The molecule has 6 heteroatoms. The van der Waals surface area contributed by atoms with E-state index in [-0.39, 0.29) is 47.6 Å². The van der Waals surface area contributed by atoms with Crippen molar-refractivity contribution >= 4 is 6.09 Å². The molecule has 166 valence electrons. The van der Waals surface area contributed by atoms with Gasteiger partial charge in [-0.15, -0.1) is 0 Å². The summed E-state index contributed by atoms with van der Waals surface area (Å²) in [5, 5.41) is 3.02. The van der Waals surface area contributed by atoms with Gasteiger partial charge in [-0.05, 0) is 52.4 Å². The molecule has 1 N–H and O–H groups in total. The Morgan fingerprint density at radius 3 is 2.55 bits per heavy atom. The van der Waals surface area contributed by atoms with Gasteiger partial charge in [-0.2, -0.15) is 0 Å². The van der Waals surface area contributed by atoms with Gasteiger partial charge in [0.2, 0.25) is 0 Å². The fraction of sp³-hybridized carbons (Fsp3) is 0.870. The Kier molecular flexibility index (Phi) is 6.66. The molecule has 1 spiro atoms. The highest BCUT2D eigenvalue weighted by Crippen LogP contribution is 2.59. The maximum atomic E-state index is 12.6. The molecular weight excluding hydrogens is 370 g/mol. The summed E-state index contributed by atoms with van der Waals surface area (Å²) in [6, 6.07) is 0.110. The van der Waals surface area contributed by atoms with Crippen molar-refractivity contribution in [2.24, 2.45) is 11.8 Å². The molecule has 0 radical (unpaired) electrons. The molecule has 3 rings (SSSR count). The van der Waals surface area contributed by atoms with Crippen molar-refractivity contribution in [1.82, 2.24) is 5.32 Å². The third-order valence-electron chi connectivity index (χ3n) is 7.04. The first kappa shape index (κ1) is 22.6. The van der Waals surface area contributed by atoms with Gasteiger partial charge in [0, 0.05) is 13.2 Å². The highest BCUT2D eigenvalue weighted by Gasteiger charge is 2.72. The minimum absolute atomic E-state index is 0.0502. The molecule has 1 amide bonds. The SMILES string of the molecule is CC[C@H](NC(=O)OC1CC[C@]2(CO2)C([C@@]2(C)O[C@@H]2CC=C(C)C)C1OC)C(C)C. The molecule has 0 aromatic rings. The van der Waals surface area contributed by atoms with E-state index < -0.39 is 0 Å². The molecule has 7 atom stereocenters. The highest BCUT2D eigenvalue weighted by atomic mass is 16.6. The second-order valence-electron chi connectivity index (χ2n) is 9.72. The van der Waals surface area contributed by atoms with E-state index in [9.17, 15) is 4.79 Å². The molecule has 2 saturated heterocycles. The molecular formula is C23H39NO5. The van der Waals surface area contributed by atoms with Crippen LogP contribution in [0.15, 0.2) is 11.6 Å². The molecule has 3 aliphatic rings. The molecule has 0 aromatic carbocycles. The molecule has 6 nitrogen and oxygen atoms in total. The highest BCUT2D eigenvalue weighted by molar-refractivity contribution is 5.68. The number of hydrogen-bond acceptors (Lipinski definition) is 5. The number of alkyl carbamates (subject to hydrolysis) is 1. The fourth-order valence-corrected chi connectivity index (χ4v) is 5.13. The first-order chi connectivity index (χ1) is 13.7. The number of ether oxygens (including phenoxy) is 4. The molecule has 2 aliphatic heterocycles. The molecule has 3 fully saturated rings. The zero-order chi connectivity index (χ0) is 21.4. The van der Waals surface area contributed by atoms with Gasteiger partial charge in [0.15, 0.2) is 0 Å². The average molecular weight is 410 g/mol. The summed E-state index contributed by atoms with van der Waals surface area (Å²) < 4.78 is 24.0. The lowest BCUT2D eigenvalue weighted by Crippen LogP contribution is -2.56. The van der Waals surface area contributed by atoms with Crippen LogP contribution >= 0.6 is 0 Å². The van der Waals surface area contributed by atoms with E-state index in [1.165, 1.54) is 5.57 Å². The van der Waals surface area contributed by atoms with Gasteiger partial charge in [-0.25, -0.2) is 4.79 Å². The second-order valence-corrected chi connectivity index (χ2v) is 9.72. The number of nitrogens with one attached hydrogen (secondary N) is 1. The quantitative estimate of drug-likeness (QED) is 0.480. The van der Waals surface area contributed by atoms with Gasteiger partial charge in [-0.3, -0.25) is 0 Å². The maximum absolute atomic E-state index is 12.6. The van der Waals surface area contributed by atoms with Crippen LogP contribution in [0.3, 0.4) is 0 Å². The molecule has 1 aliphatic carbocycles. The summed E-state index contributed by atoms with van der Waals surface area (Å²) in [6.45, 7) is 13.4. The zero-order valence-electron chi connectivity index (χ0n) is 19.1. The summed E-state index contributed by atoms with van der Waals surface area (Å²) in [6.07, 6.45) is 4.86. The Morgan fingerprint density at radius 2 is 2.03 bits per heavy atom. The Morgan fingerprint density at radius 1 is 1.34 bits per heavy atom. The molecule has 3 unspecified atom stereocenters. The summed E-state index contributed by atoms with van der Waals surface area (Å²) >= 11 is 0. The van der Waals surface area contributed by atoms with Crippen LogP contribution in [0.1, 0.15) is 67.2 Å². The zero-order valence-corrected chi connectivity index (χ0v) is 19.1. The van der Waals surface area contributed by atoms with E-state index >= 15 is 0 Å². The Labute approximate surface area is 175 Å².